The molecule has 0 saturated carbocycles. The smallest absolute Gasteiger partial charge is 0.387 e. The monoisotopic (exact) mass is 432 g/mol. The Labute approximate surface area is 166 Å². The van der Waals surface area contributed by atoms with Crippen LogP contribution in [0.4, 0.5) is 14.5 Å². The molecule has 0 unspecified atom stereocenters. The first-order chi connectivity index (χ1) is 13.1. The molecule has 0 aromatic heterocycles. The van der Waals surface area contributed by atoms with E-state index in [-0.39, 0.29) is 33.0 Å². The van der Waals surface area contributed by atoms with Crippen molar-refractivity contribution in [3.63, 3.8) is 0 Å². The Balaban J connectivity index is 2.10. The Hall–Kier alpha value is -2.23. The predicted octanol–water partition coefficient (Wildman–Crippen LogP) is 4.27. The van der Waals surface area contributed by atoms with Crippen LogP contribution in [0.5, 0.6) is 5.75 Å². The van der Waals surface area contributed by atoms with Gasteiger partial charge in [0.15, 0.2) is 0 Å². The minimum atomic E-state index is -3.67. The van der Waals surface area contributed by atoms with Crippen LogP contribution in [-0.2, 0) is 10.0 Å². The molecule has 0 aliphatic rings. The van der Waals surface area contributed by atoms with Gasteiger partial charge in [0.2, 0.25) is 10.0 Å². The van der Waals surface area contributed by atoms with Crippen LogP contribution < -0.4 is 14.8 Å². The van der Waals surface area contributed by atoms with E-state index in [9.17, 15) is 22.0 Å². The van der Waals surface area contributed by atoms with E-state index in [0.29, 0.717) is 6.42 Å². The SMILES string of the molecule is CC[C@@H](C)NS(=O)(=O)c1ccc(C(=O)Nc2ccc(OC(F)F)c(Cl)c2)cc1. The number of halogens is 3. The lowest BCUT2D eigenvalue weighted by atomic mass is 10.2. The summed E-state index contributed by atoms with van der Waals surface area (Å²) in [5.74, 6) is -0.726. The number of sulfonamides is 1. The van der Waals surface area contributed by atoms with E-state index in [4.69, 9.17) is 11.6 Å². The van der Waals surface area contributed by atoms with Crippen molar-refractivity contribution in [3.8, 4) is 5.75 Å². The molecule has 2 N–H and O–H groups in total. The minimum Gasteiger partial charge on any atom is -0.433 e. The molecule has 0 bridgehead atoms. The number of benzene rings is 2. The largest absolute Gasteiger partial charge is 0.433 e. The fourth-order valence-corrected chi connectivity index (χ4v) is 3.73. The van der Waals surface area contributed by atoms with Crippen molar-refractivity contribution >= 4 is 33.2 Å². The Morgan fingerprint density at radius 2 is 1.82 bits per heavy atom. The zero-order chi connectivity index (χ0) is 20.9. The standard InChI is InChI=1S/C18H19ClF2N2O4S/c1-3-11(2)23-28(25,26)14-7-4-12(5-8-14)17(24)22-13-6-9-16(15(19)10-13)27-18(20)21/h4-11,18,23H,3H2,1-2H3,(H,22,24)/t11-/m1/s1. The summed E-state index contributed by atoms with van der Waals surface area (Å²) in [7, 11) is -3.67. The number of carbonyl (C=O) groups is 1. The fraction of sp³-hybridized carbons (Fsp3) is 0.278. The highest BCUT2D eigenvalue weighted by Crippen LogP contribution is 2.29. The van der Waals surface area contributed by atoms with Crippen LogP contribution in [0.3, 0.4) is 0 Å². The van der Waals surface area contributed by atoms with E-state index in [0.717, 1.165) is 0 Å². The summed E-state index contributed by atoms with van der Waals surface area (Å²) in [6, 6.07) is 9.02. The maximum absolute atomic E-state index is 12.3. The summed E-state index contributed by atoms with van der Waals surface area (Å²) in [4.78, 5) is 12.3. The molecule has 0 fully saturated rings. The normalized spacial score (nSPS) is 12.6. The van der Waals surface area contributed by atoms with Crippen molar-refractivity contribution in [2.45, 2.75) is 37.8 Å². The molecule has 0 aliphatic heterocycles. The summed E-state index contributed by atoms with van der Waals surface area (Å²) in [5.41, 5.74) is 0.485. The molecule has 2 aromatic rings. The molecule has 28 heavy (non-hydrogen) atoms. The van der Waals surface area contributed by atoms with Crippen LogP contribution >= 0.6 is 11.6 Å². The van der Waals surface area contributed by atoms with Gasteiger partial charge in [-0.15, -0.1) is 0 Å². The predicted molar refractivity (Wildman–Crippen MR) is 103 cm³/mol. The molecule has 0 radical (unpaired) electrons. The lowest BCUT2D eigenvalue weighted by Gasteiger charge is -2.12. The molecule has 1 atom stereocenters. The summed E-state index contributed by atoms with van der Waals surface area (Å²) in [6.07, 6.45) is 0.642. The highest BCUT2D eigenvalue weighted by molar-refractivity contribution is 7.89. The van der Waals surface area contributed by atoms with E-state index < -0.39 is 22.5 Å². The number of rotatable bonds is 8. The van der Waals surface area contributed by atoms with E-state index >= 15 is 0 Å². The lowest BCUT2D eigenvalue weighted by Crippen LogP contribution is -2.32. The van der Waals surface area contributed by atoms with Crippen LogP contribution in [0, 0.1) is 0 Å². The van der Waals surface area contributed by atoms with Gasteiger partial charge in [-0.3, -0.25) is 4.79 Å². The molecule has 1 amide bonds. The third kappa shape index (κ3) is 5.88. The van der Waals surface area contributed by atoms with Crippen LogP contribution in [0.15, 0.2) is 47.4 Å². The number of anilines is 1. The second-order valence-electron chi connectivity index (χ2n) is 5.93. The number of nitrogens with one attached hydrogen (secondary N) is 2. The third-order valence-corrected chi connectivity index (χ3v) is 5.70. The van der Waals surface area contributed by atoms with Gasteiger partial charge in [0.1, 0.15) is 5.75 Å². The van der Waals surface area contributed by atoms with Crippen LogP contribution in [0.25, 0.3) is 0 Å². The van der Waals surface area contributed by atoms with Gasteiger partial charge in [-0.05, 0) is 55.8 Å². The van der Waals surface area contributed by atoms with Crippen LogP contribution in [0.2, 0.25) is 5.02 Å². The van der Waals surface area contributed by atoms with Gasteiger partial charge in [-0.1, -0.05) is 18.5 Å². The van der Waals surface area contributed by atoms with Crippen molar-refractivity contribution in [1.29, 1.82) is 0 Å². The molecule has 0 heterocycles. The second kappa shape index (κ2) is 9.31. The number of ether oxygens (including phenoxy) is 1. The molecular weight excluding hydrogens is 414 g/mol. The topological polar surface area (TPSA) is 84.5 Å². The summed E-state index contributed by atoms with van der Waals surface area (Å²) >= 11 is 5.84. The first kappa shape index (κ1) is 22.1. The minimum absolute atomic E-state index is 0.0425. The number of hydrogen-bond acceptors (Lipinski definition) is 4. The summed E-state index contributed by atoms with van der Waals surface area (Å²) in [5, 5.41) is 2.46. The molecule has 0 aliphatic carbocycles. The van der Waals surface area contributed by atoms with Gasteiger partial charge in [-0.2, -0.15) is 8.78 Å². The summed E-state index contributed by atoms with van der Waals surface area (Å²) < 4.78 is 55.7. The van der Waals surface area contributed by atoms with Crippen molar-refractivity contribution in [3.05, 3.63) is 53.1 Å². The van der Waals surface area contributed by atoms with E-state index in [1.807, 2.05) is 6.92 Å². The quantitative estimate of drug-likeness (QED) is 0.652. The van der Waals surface area contributed by atoms with Gasteiger partial charge in [0.25, 0.3) is 5.91 Å². The number of hydrogen-bond donors (Lipinski definition) is 2. The Morgan fingerprint density at radius 3 is 2.36 bits per heavy atom. The van der Waals surface area contributed by atoms with E-state index in [2.05, 4.69) is 14.8 Å². The number of carbonyl (C=O) groups excluding carboxylic acids is 1. The molecule has 6 nitrogen and oxygen atoms in total. The van der Waals surface area contributed by atoms with Crippen molar-refractivity contribution < 1.29 is 26.7 Å². The Bertz CT molecular complexity index is 937. The van der Waals surface area contributed by atoms with Crippen LogP contribution in [0.1, 0.15) is 30.6 Å². The van der Waals surface area contributed by atoms with Gasteiger partial charge < -0.3 is 10.1 Å². The number of amides is 1. The van der Waals surface area contributed by atoms with Crippen molar-refractivity contribution in [2.75, 3.05) is 5.32 Å². The molecule has 0 spiro atoms. The number of alkyl halides is 2. The molecule has 10 heteroatoms. The first-order valence-corrected chi connectivity index (χ1v) is 10.2. The van der Waals surface area contributed by atoms with Crippen LogP contribution in [-0.4, -0.2) is 27.0 Å². The third-order valence-electron chi connectivity index (χ3n) is 3.80. The average molecular weight is 433 g/mol. The fourth-order valence-electron chi connectivity index (χ4n) is 2.18. The van der Waals surface area contributed by atoms with E-state index in [1.165, 1.54) is 42.5 Å². The Morgan fingerprint density at radius 1 is 1.18 bits per heavy atom. The van der Waals surface area contributed by atoms with Gasteiger partial charge >= 0.3 is 6.61 Å². The maximum atomic E-state index is 12.3. The molecular formula is C18H19ClF2N2O4S. The van der Waals surface area contributed by atoms with Gasteiger partial charge in [0, 0.05) is 17.3 Å². The summed E-state index contributed by atoms with van der Waals surface area (Å²) in [6.45, 7) is 0.601. The highest BCUT2D eigenvalue weighted by Gasteiger charge is 2.17. The molecule has 2 aromatic carbocycles. The van der Waals surface area contributed by atoms with Gasteiger partial charge in [0.05, 0.1) is 9.92 Å². The van der Waals surface area contributed by atoms with Crippen molar-refractivity contribution in [2.24, 2.45) is 0 Å². The molecule has 0 saturated heterocycles. The zero-order valence-electron chi connectivity index (χ0n) is 15.1. The lowest BCUT2D eigenvalue weighted by molar-refractivity contribution is -0.0497. The Kier molecular flexibility index (Phi) is 7.34. The van der Waals surface area contributed by atoms with Gasteiger partial charge in [-0.25, -0.2) is 13.1 Å². The average Bonchev–Trinajstić information content (AvgIpc) is 2.63. The highest BCUT2D eigenvalue weighted by atomic mass is 35.5. The van der Waals surface area contributed by atoms with Crippen molar-refractivity contribution in [1.82, 2.24) is 4.72 Å². The first-order valence-electron chi connectivity index (χ1n) is 8.30. The second-order valence-corrected chi connectivity index (χ2v) is 8.05. The molecule has 2 rings (SSSR count). The molecule has 152 valence electrons. The maximum Gasteiger partial charge on any atom is 0.387 e. The zero-order valence-corrected chi connectivity index (χ0v) is 16.7. The van der Waals surface area contributed by atoms with E-state index in [1.54, 1.807) is 6.92 Å².